The van der Waals surface area contributed by atoms with Crippen molar-refractivity contribution in [3.8, 4) is 11.5 Å². The Labute approximate surface area is 179 Å². The van der Waals surface area contributed by atoms with Crippen molar-refractivity contribution >= 4 is 24.9 Å². The van der Waals surface area contributed by atoms with Crippen LogP contribution in [0.2, 0.25) is 19.6 Å². The van der Waals surface area contributed by atoms with Gasteiger partial charge < -0.3 is 18.6 Å². The fourth-order valence-corrected chi connectivity index (χ4v) is 6.12. The molecule has 0 heterocycles. The lowest BCUT2D eigenvalue weighted by Gasteiger charge is -2.37. The summed E-state index contributed by atoms with van der Waals surface area (Å²) < 4.78 is 24.0. The van der Waals surface area contributed by atoms with Gasteiger partial charge in [-0.25, -0.2) is 0 Å². The number of carbonyl (C=O) groups is 1. The third kappa shape index (κ3) is 3.05. The van der Waals surface area contributed by atoms with Crippen molar-refractivity contribution < 1.29 is 23.4 Å². The average Bonchev–Trinajstić information content (AvgIpc) is 2.98. The SMILES string of the molecule is COc1c2c(c(OC)c3ccccc13)C1CC(O[Si](C)(C)C)=C(C)C(OC)C1C2=O. The summed E-state index contributed by atoms with van der Waals surface area (Å²) in [7, 11) is 3.15. The minimum Gasteiger partial charge on any atom is -0.547 e. The van der Waals surface area contributed by atoms with Gasteiger partial charge >= 0.3 is 0 Å². The van der Waals surface area contributed by atoms with E-state index in [0.717, 1.165) is 33.4 Å². The lowest BCUT2D eigenvalue weighted by Crippen LogP contribution is -2.38. The average molecular weight is 427 g/mol. The normalized spacial score (nSPS) is 23.4. The Hall–Kier alpha value is -2.31. The molecule has 2 aromatic carbocycles. The molecular weight excluding hydrogens is 396 g/mol. The highest BCUT2D eigenvalue weighted by Gasteiger charge is 2.52. The number of allylic oxidation sites excluding steroid dienone is 1. The molecule has 30 heavy (non-hydrogen) atoms. The molecule has 0 saturated carbocycles. The molecule has 4 rings (SSSR count). The smallest absolute Gasteiger partial charge is 0.241 e. The molecule has 3 unspecified atom stereocenters. The number of methoxy groups -OCH3 is 3. The molecule has 0 aromatic heterocycles. The third-order valence-electron chi connectivity index (χ3n) is 6.20. The fraction of sp³-hybridized carbons (Fsp3) is 0.458. The van der Waals surface area contributed by atoms with Gasteiger partial charge in [0.25, 0.3) is 0 Å². The summed E-state index contributed by atoms with van der Waals surface area (Å²) in [6, 6.07) is 7.93. The van der Waals surface area contributed by atoms with E-state index < -0.39 is 8.32 Å². The van der Waals surface area contributed by atoms with Crippen LogP contribution in [0.5, 0.6) is 11.5 Å². The van der Waals surface area contributed by atoms with Crippen LogP contribution in [-0.4, -0.2) is 41.5 Å². The van der Waals surface area contributed by atoms with Gasteiger partial charge in [-0.3, -0.25) is 4.79 Å². The van der Waals surface area contributed by atoms with Crippen LogP contribution >= 0.6 is 0 Å². The predicted octanol–water partition coefficient (Wildman–Crippen LogP) is 5.30. The Bertz CT molecular complexity index is 1050. The van der Waals surface area contributed by atoms with Gasteiger partial charge in [-0.2, -0.15) is 0 Å². The molecule has 0 saturated heterocycles. The first-order chi connectivity index (χ1) is 14.2. The molecule has 0 aliphatic heterocycles. The van der Waals surface area contributed by atoms with Gasteiger partial charge in [0.15, 0.2) is 5.78 Å². The van der Waals surface area contributed by atoms with Gasteiger partial charge in [0.2, 0.25) is 8.32 Å². The van der Waals surface area contributed by atoms with Crippen LogP contribution in [0.4, 0.5) is 0 Å². The zero-order chi connectivity index (χ0) is 21.8. The highest BCUT2D eigenvalue weighted by molar-refractivity contribution is 6.70. The lowest BCUT2D eigenvalue weighted by atomic mass is 9.76. The molecule has 2 aliphatic rings. The van der Waals surface area contributed by atoms with Crippen LogP contribution in [-0.2, 0) is 9.16 Å². The second kappa shape index (κ2) is 7.43. The van der Waals surface area contributed by atoms with Crippen LogP contribution < -0.4 is 9.47 Å². The zero-order valence-electron chi connectivity index (χ0n) is 18.8. The number of Topliss-reactive ketones (excluding diaryl/α,β-unsaturated/α-hetero) is 1. The van der Waals surface area contributed by atoms with Crippen molar-refractivity contribution in [2.75, 3.05) is 21.3 Å². The first-order valence-corrected chi connectivity index (χ1v) is 13.8. The summed E-state index contributed by atoms with van der Waals surface area (Å²) in [5.74, 6) is 2.02. The maximum atomic E-state index is 13.8. The number of hydrogen-bond donors (Lipinski definition) is 0. The highest BCUT2D eigenvalue weighted by Crippen LogP contribution is 2.57. The molecule has 0 bridgehead atoms. The number of rotatable bonds is 5. The largest absolute Gasteiger partial charge is 0.547 e. The van der Waals surface area contributed by atoms with Crippen molar-refractivity contribution in [3.63, 3.8) is 0 Å². The van der Waals surface area contributed by atoms with E-state index in [-0.39, 0.29) is 23.7 Å². The minimum absolute atomic E-state index is 0.0640. The molecule has 5 nitrogen and oxygen atoms in total. The third-order valence-corrected chi connectivity index (χ3v) is 7.06. The summed E-state index contributed by atoms with van der Waals surface area (Å²) in [6.07, 6.45) is 0.338. The van der Waals surface area contributed by atoms with Gasteiger partial charge in [0.05, 0.1) is 37.6 Å². The molecule has 2 aromatic rings. The molecule has 6 heteroatoms. The number of fused-ring (bicyclic) bond motifs is 4. The predicted molar refractivity (Wildman–Crippen MR) is 120 cm³/mol. The maximum Gasteiger partial charge on any atom is 0.241 e. The number of benzene rings is 2. The van der Waals surface area contributed by atoms with Crippen molar-refractivity contribution in [1.29, 1.82) is 0 Å². The van der Waals surface area contributed by atoms with Crippen molar-refractivity contribution in [2.24, 2.45) is 5.92 Å². The monoisotopic (exact) mass is 426 g/mol. The molecule has 0 spiro atoms. The lowest BCUT2D eigenvalue weighted by molar-refractivity contribution is 0.0477. The van der Waals surface area contributed by atoms with Crippen LogP contribution in [0.1, 0.15) is 35.2 Å². The molecule has 160 valence electrons. The molecule has 0 N–H and O–H groups in total. The summed E-state index contributed by atoms with van der Waals surface area (Å²) in [5.41, 5.74) is 2.58. The number of ether oxygens (including phenoxy) is 3. The fourth-order valence-electron chi connectivity index (χ4n) is 5.14. The molecule has 0 radical (unpaired) electrons. The number of carbonyl (C=O) groups excluding carboxylic acids is 1. The van der Waals surface area contributed by atoms with Crippen LogP contribution in [0.25, 0.3) is 10.8 Å². The first-order valence-electron chi connectivity index (χ1n) is 10.4. The second-order valence-electron chi connectivity index (χ2n) is 9.08. The van der Waals surface area contributed by atoms with E-state index in [1.807, 2.05) is 31.2 Å². The van der Waals surface area contributed by atoms with Crippen molar-refractivity contribution in [3.05, 3.63) is 46.7 Å². The Kier molecular flexibility index (Phi) is 5.18. The Balaban J connectivity index is 1.98. The molecule has 0 amide bonds. The van der Waals surface area contributed by atoms with E-state index in [1.165, 1.54) is 0 Å². The quantitative estimate of drug-likeness (QED) is 0.608. The zero-order valence-corrected chi connectivity index (χ0v) is 19.8. The van der Waals surface area contributed by atoms with E-state index in [1.54, 1.807) is 21.3 Å². The minimum atomic E-state index is -1.82. The second-order valence-corrected chi connectivity index (χ2v) is 13.5. The topological polar surface area (TPSA) is 54.0 Å². The summed E-state index contributed by atoms with van der Waals surface area (Å²) in [6.45, 7) is 8.55. The van der Waals surface area contributed by atoms with E-state index in [4.69, 9.17) is 18.6 Å². The number of ketones is 1. The Morgan fingerprint density at radius 3 is 2.10 bits per heavy atom. The molecule has 3 atom stereocenters. The van der Waals surface area contributed by atoms with E-state index in [2.05, 4.69) is 19.6 Å². The molecule has 0 fully saturated rings. The van der Waals surface area contributed by atoms with Gasteiger partial charge in [0.1, 0.15) is 11.5 Å². The Morgan fingerprint density at radius 2 is 1.57 bits per heavy atom. The Morgan fingerprint density at radius 1 is 0.967 bits per heavy atom. The number of hydrogen-bond acceptors (Lipinski definition) is 5. The molecular formula is C24H30O5Si. The van der Waals surface area contributed by atoms with E-state index in [9.17, 15) is 4.79 Å². The van der Waals surface area contributed by atoms with E-state index >= 15 is 0 Å². The maximum absolute atomic E-state index is 13.8. The van der Waals surface area contributed by atoms with Gasteiger partial charge in [-0.1, -0.05) is 24.3 Å². The van der Waals surface area contributed by atoms with Gasteiger partial charge in [-0.05, 0) is 32.1 Å². The summed E-state index contributed by atoms with van der Waals surface area (Å²) in [5, 5.41) is 1.84. The standard InChI is InChI=1S/C24H30O5Si/c1-13-17(29-30(5,6)7)12-16-18-20(21(25)19(16)22(13)26-2)24(28-4)15-11-9-8-10-14(15)23(18)27-3/h8-11,16,19,22H,12H2,1-7H3. The van der Waals surface area contributed by atoms with Crippen molar-refractivity contribution in [2.45, 2.75) is 45.0 Å². The van der Waals surface area contributed by atoms with Crippen LogP contribution in [0, 0.1) is 5.92 Å². The van der Waals surface area contributed by atoms with Gasteiger partial charge in [0, 0.05) is 35.8 Å². The van der Waals surface area contributed by atoms with E-state index in [0.29, 0.717) is 17.7 Å². The highest BCUT2D eigenvalue weighted by atomic mass is 28.4. The summed E-state index contributed by atoms with van der Waals surface area (Å²) >= 11 is 0. The summed E-state index contributed by atoms with van der Waals surface area (Å²) in [4.78, 5) is 13.8. The van der Waals surface area contributed by atoms with Gasteiger partial charge in [-0.15, -0.1) is 0 Å². The van der Waals surface area contributed by atoms with Crippen molar-refractivity contribution in [1.82, 2.24) is 0 Å². The molecule has 2 aliphatic carbocycles. The first kappa shape index (κ1) is 20.9. The van der Waals surface area contributed by atoms with Crippen LogP contribution in [0.15, 0.2) is 35.6 Å². The van der Waals surface area contributed by atoms with Crippen LogP contribution in [0.3, 0.4) is 0 Å².